The molecule has 5 atom stereocenters. The van der Waals surface area contributed by atoms with Crippen molar-refractivity contribution in [3.63, 3.8) is 0 Å². The van der Waals surface area contributed by atoms with Crippen molar-refractivity contribution in [2.45, 2.75) is 316 Å². The summed E-state index contributed by atoms with van der Waals surface area (Å²) >= 11 is 0. The molecule has 0 aliphatic heterocycles. The van der Waals surface area contributed by atoms with Gasteiger partial charge in [-0.25, -0.2) is 9.13 Å². The normalized spacial score (nSPS) is 14.3. The molecule has 0 aromatic carbocycles. The number of ether oxygens (including phenoxy) is 4. The molecule has 0 bridgehead atoms. The van der Waals surface area contributed by atoms with E-state index in [2.05, 4.69) is 27.7 Å². The van der Waals surface area contributed by atoms with Gasteiger partial charge in [-0.15, -0.1) is 0 Å². The van der Waals surface area contributed by atoms with Crippen LogP contribution in [0.3, 0.4) is 0 Å². The van der Waals surface area contributed by atoms with Crippen LogP contribution in [0.15, 0.2) is 0 Å². The fraction of sp³-hybridized carbons (Fsp3) is 0.932. The Labute approximate surface area is 473 Å². The molecule has 0 saturated carbocycles. The molecule has 0 amide bonds. The smallest absolute Gasteiger partial charge is 0.462 e. The zero-order valence-electron chi connectivity index (χ0n) is 49.6. The van der Waals surface area contributed by atoms with Crippen LogP contribution in [-0.4, -0.2) is 96.7 Å². The number of aliphatic hydroxyl groups excluding tert-OH is 1. The highest BCUT2D eigenvalue weighted by molar-refractivity contribution is 7.47. The summed E-state index contributed by atoms with van der Waals surface area (Å²) in [7, 11) is -9.87. The number of carbonyl (C=O) groups is 4. The Morgan fingerprint density at radius 2 is 0.513 bits per heavy atom. The number of carbonyl (C=O) groups excluding carboxylic acids is 4. The number of unbranched alkanes of at least 4 members (excludes halogenated alkanes) is 34. The van der Waals surface area contributed by atoms with Gasteiger partial charge in [0.15, 0.2) is 12.2 Å². The second kappa shape index (κ2) is 54.3. The molecule has 0 spiro atoms. The average molecular weight is 1160 g/mol. The maximum Gasteiger partial charge on any atom is 0.472 e. The molecule has 2 unspecified atom stereocenters. The SMILES string of the molecule is CCCCCCCCCCCCCCC(=O)O[C@H](COC(=O)CCCCCCCCCCCCC)COP(=O)(O)OC[C@@H](O)COP(=O)(O)OC[C@@H](COC(=O)CCCCCCCCC)OC(=O)CCCCCCCCCC. The number of rotatable bonds is 60. The zero-order valence-corrected chi connectivity index (χ0v) is 51.4. The molecule has 0 aromatic heterocycles. The molecule has 0 aliphatic rings. The quantitative estimate of drug-likeness (QED) is 0.0222. The van der Waals surface area contributed by atoms with Crippen molar-refractivity contribution in [1.82, 2.24) is 0 Å². The van der Waals surface area contributed by atoms with E-state index in [1.54, 1.807) is 0 Å². The van der Waals surface area contributed by atoms with E-state index >= 15 is 0 Å². The monoisotopic (exact) mass is 1160 g/mol. The van der Waals surface area contributed by atoms with E-state index < -0.39 is 97.5 Å². The number of phosphoric acid groups is 2. The summed E-state index contributed by atoms with van der Waals surface area (Å²) in [5.74, 6) is -2.14. The molecule has 0 aliphatic carbocycles. The van der Waals surface area contributed by atoms with Crippen molar-refractivity contribution in [3.05, 3.63) is 0 Å². The van der Waals surface area contributed by atoms with E-state index in [1.807, 2.05) is 0 Å². The molecule has 78 heavy (non-hydrogen) atoms. The van der Waals surface area contributed by atoms with Crippen molar-refractivity contribution in [2.24, 2.45) is 0 Å². The van der Waals surface area contributed by atoms with E-state index in [0.29, 0.717) is 25.7 Å². The summed E-state index contributed by atoms with van der Waals surface area (Å²) in [5.41, 5.74) is 0. The molecule has 0 aromatic rings. The first kappa shape index (κ1) is 76.1. The fourth-order valence-corrected chi connectivity index (χ4v) is 10.3. The van der Waals surface area contributed by atoms with E-state index in [9.17, 15) is 43.2 Å². The zero-order chi connectivity index (χ0) is 57.6. The van der Waals surface area contributed by atoms with Gasteiger partial charge in [-0.1, -0.05) is 246 Å². The Hall–Kier alpha value is -1.94. The predicted molar refractivity (Wildman–Crippen MR) is 308 cm³/mol. The summed E-state index contributed by atoms with van der Waals surface area (Å²) in [4.78, 5) is 71.8. The number of phosphoric ester groups is 2. The van der Waals surface area contributed by atoms with Crippen LogP contribution in [0.1, 0.15) is 297 Å². The lowest BCUT2D eigenvalue weighted by Crippen LogP contribution is -2.30. The van der Waals surface area contributed by atoms with Gasteiger partial charge in [-0.05, 0) is 25.7 Å². The highest BCUT2D eigenvalue weighted by Gasteiger charge is 2.30. The molecule has 0 rings (SSSR count). The lowest BCUT2D eigenvalue weighted by Gasteiger charge is -2.21. The molecule has 17 nitrogen and oxygen atoms in total. The minimum atomic E-state index is -4.94. The predicted octanol–water partition coefficient (Wildman–Crippen LogP) is 16.0. The molecular formula is C59H114O17P2. The van der Waals surface area contributed by atoms with E-state index in [4.69, 9.17) is 37.0 Å². The van der Waals surface area contributed by atoms with Gasteiger partial charge in [0.05, 0.1) is 26.4 Å². The van der Waals surface area contributed by atoms with Crippen molar-refractivity contribution in [1.29, 1.82) is 0 Å². The van der Waals surface area contributed by atoms with Gasteiger partial charge in [-0.2, -0.15) is 0 Å². The van der Waals surface area contributed by atoms with Crippen LogP contribution in [0.25, 0.3) is 0 Å². The van der Waals surface area contributed by atoms with Gasteiger partial charge in [0.25, 0.3) is 0 Å². The lowest BCUT2D eigenvalue weighted by molar-refractivity contribution is -0.161. The van der Waals surface area contributed by atoms with Crippen LogP contribution in [0.4, 0.5) is 0 Å². The molecule has 19 heteroatoms. The Morgan fingerprint density at radius 3 is 0.756 bits per heavy atom. The molecular weight excluding hydrogens is 1040 g/mol. The maximum atomic E-state index is 12.9. The van der Waals surface area contributed by atoms with Crippen molar-refractivity contribution >= 4 is 39.5 Å². The summed E-state index contributed by atoms with van der Waals surface area (Å²) in [5, 5.41) is 10.5. The Bertz CT molecular complexity index is 1520. The Morgan fingerprint density at radius 1 is 0.308 bits per heavy atom. The average Bonchev–Trinajstić information content (AvgIpc) is 3.41. The summed E-state index contributed by atoms with van der Waals surface area (Å²) < 4.78 is 67.6. The molecule has 0 fully saturated rings. The minimum absolute atomic E-state index is 0.105. The highest BCUT2D eigenvalue weighted by Crippen LogP contribution is 2.45. The van der Waals surface area contributed by atoms with Gasteiger partial charge in [-0.3, -0.25) is 37.3 Å². The standard InChI is InChI=1S/C59H114O17P2/c1-5-9-13-17-21-24-26-28-30-34-38-42-46-59(64)76-55(50-70-57(62)44-40-36-33-29-27-25-22-18-14-10-6-2)52-74-78(67,68)72-48-53(60)47-71-77(65,66)73-51-54(49-69-56(61)43-39-35-31-20-16-12-8-4)75-58(63)45-41-37-32-23-19-15-11-7-3/h53-55,60H,5-52H2,1-4H3,(H,65,66)(H,67,68)/t53-,54+,55+/m0/s1. The van der Waals surface area contributed by atoms with Gasteiger partial charge in [0, 0.05) is 25.7 Å². The molecule has 0 saturated heterocycles. The number of esters is 4. The third-order valence-electron chi connectivity index (χ3n) is 13.6. The Balaban J connectivity index is 5.20. The van der Waals surface area contributed by atoms with E-state index in [-0.39, 0.29) is 25.7 Å². The fourth-order valence-electron chi connectivity index (χ4n) is 8.75. The number of hydrogen-bond acceptors (Lipinski definition) is 15. The van der Waals surface area contributed by atoms with Gasteiger partial charge < -0.3 is 33.8 Å². The second-order valence-corrected chi connectivity index (χ2v) is 24.3. The van der Waals surface area contributed by atoms with Crippen molar-refractivity contribution < 1.29 is 80.2 Å². The van der Waals surface area contributed by atoms with Gasteiger partial charge >= 0.3 is 39.5 Å². The van der Waals surface area contributed by atoms with Crippen LogP contribution in [-0.2, 0) is 65.4 Å². The van der Waals surface area contributed by atoms with Gasteiger partial charge in [0.2, 0.25) is 0 Å². The number of aliphatic hydroxyl groups is 1. The van der Waals surface area contributed by atoms with E-state index in [0.717, 1.165) is 109 Å². The molecule has 3 N–H and O–H groups in total. The first-order chi connectivity index (χ1) is 37.7. The van der Waals surface area contributed by atoms with Gasteiger partial charge in [0.1, 0.15) is 19.3 Å². The van der Waals surface area contributed by atoms with E-state index in [1.165, 1.54) is 109 Å². The third kappa shape index (κ3) is 53.4. The van der Waals surface area contributed by atoms with Crippen molar-refractivity contribution in [2.75, 3.05) is 39.6 Å². The lowest BCUT2D eigenvalue weighted by atomic mass is 10.0. The minimum Gasteiger partial charge on any atom is -0.462 e. The number of hydrogen-bond donors (Lipinski definition) is 3. The maximum absolute atomic E-state index is 12.9. The highest BCUT2D eigenvalue weighted by atomic mass is 31.2. The molecule has 0 radical (unpaired) electrons. The molecule has 462 valence electrons. The first-order valence-corrected chi connectivity index (χ1v) is 34.3. The Kier molecular flexibility index (Phi) is 53.0. The molecule has 0 heterocycles. The van der Waals surface area contributed by atoms with Crippen LogP contribution < -0.4 is 0 Å². The van der Waals surface area contributed by atoms with Crippen LogP contribution >= 0.6 is 15.6 Å². The van der Waals surface area contributed by atoms with Crippen LogP contribution in [0.5, 0.6) is 0 Å². The summed E-state index contributed by atoms with van der Waals surface area (Å²) in [6.45, 7) is 4.79. The van der Waals surface area contributed by atoms with Crippen LogP contribution in [0, 0.1) is 0 Å². The summed E-state index contributed by atoms with van der Waals surface area (Å²) in [6.07, 6.45) is 37.6. The largest absolute Gasteiger partial charge is 0.472 e. The topological polar surface area (TPSA) is 237 Å². The first-order valence-electron chi connectivity index (χ1n) is 31.3. The second-order valence-electron chi connectivity index (χ2n) is 21.4. The summed E-state index contributed by atoms with van der Waals surface area (Å²) in [6, 6.07) is 0. The van der Waals surface area contributed by atoms with Crippen LogP contribution in [0.2, 0.25) is 0 Å². The van der Waals surface area contributed by atoms with Crippen molar-refractivity contribution in [3.8, 4) is 0 Å². The third-order valence-corrected chi connectivity index (χ3v) is 15.5.